The Bertz CT molecular complexity index is 76.1. The third-order valence-electron chi connectivity index (χ3n) is 0.667. The van der Waals surface area contributed by atoms with Crippen LogP contribution in [0.1, 0.15) is 0 Å². The van der Waals surface area contributed by atoms with Gasteiger partial charge in [-0.3, -0.25) is 0 Å². The minimum absolute atomic E-state index is 0. The van der Waals surface area contributed by atoms with Gasteiger partial charge in [-0.2, -0.15) is 0 Å². The first kappa shape index (κ1) is 7.04. The largest absolute Gasteiger partial charge is 0.0623 e. The van der Waals surface area contributed by atoms with Gasteiger partial charge in [-0.25, -0.2) is 0 Å². The molecule has 0 nitrogen and oxygen atoms in total. The fourth-order valence-electron chi connectivity index (χ4n) is 0.385. The molecule has 0 saturated heterocycles. The molecule has 0 unspecified atom stereocenters. The molecule has 0 aliphatic carbocycles. The van der Waals surface area contributed by atoms with Gasteiger partial charge in [-0.15, -0.1) is 0 Å². The third-order valence-corrected chi connectivity index (χ3v) is 0.667. The van der Waals surface area contributed by atoms with Crippen molar-refractivity contribution >= 4 is 24.4 Å². The van der Waals surface area contributed by atoms with Crippen molar-refractivity contribution in [3.05, 3.63) is 36.4 Å². The second-order valence-corrected chi connectivity index (χ2v) is 1.15. The molecule has 1 aromatic carbocycles. The molecule has 1 aromatic rings. The summed E-state index contributed by atoms with van der Waals surface area (Å²) in [5, 5.41) is 0. The molecular weight excluding hydrogens is 194 g/mol. The Labute approximate surface area is 61.0 Å². The van der Waals surface area contributed by atoms with E-state index in [1.54, 1.807) is 0 Å². The van der Waals surface area contributed by atoms with Crippen LogP contribution in [0.3, 0.4) is 0 Å². The Morgan fingerprint density at radius 2 is 0.571 bits per heavy atom. The van der Waals surface area contributed by atoms with E-state index in [2.05, 4.69) is 0 Å². The molecule has 0 radical (unpaired) electrons. The van der Waals surface area contributed by atoms with Gasteiger partial charge in [0, 0.05) is 0 Å². The summed E-state index contributed by atoms with van der Waals surface area (Å²) >= 11 is 0. The predicted octanol–water partition coefficient (Wildman–Crippen LogP) is 0.503. The van der Waals surface area contributed by atoms with Gasteiger partial charge < -0.3 is 0 Å². The van der Waals surface area contributed by atoms with Crippen LogP contribution in [0.15, 0.2) is 36.4 Å². The molecule has 7 heavy (non-hydrogen) atoms. The monoisotopic (exact) mass is 202 g/mol. The van der Waals surface area contributed by atoms with Gasteiger partial charge in [-0.1, -0.05) is 36.4 Å². The standard InChI is InChI=1S/C6H6.Sb.3H/c1-2-4-6-5-3-1;;;;/h1-6H;;;;. The van der Waals surface area contributed by atoms with Crippen molar-refractivity contribution in [2.24, 2.45) is 0 Å². The molecule has 0 heterocycles. The normalized spacial score (nSPS) is 6.86. The molecule has 0 amide bonds. The zero-order valence-corrected chi connectivity index (χ0v) is 8.21. The number of hydrogen-bond acceptors (Lipinski definition) is 0. The van der Waals surface area contributed by atoms with E-state index < -0.39 is 0 Å². The molecule has 0 fully saturated rings. The minimum atomic E-state index is 0. The molecule has 0 spiro atoms. The van der Waals surface area contributed by atoms with Gasteiger partial charge >= 0.3 is 24.4 Å². The molecule has 38 valence electrons. The van der Waals surface area contributed by atoms with Gasteiger partial charge in [0.1, 0.15) is 0 Å². The van der Waals surface area contributed by atoms with Crippen molar-refractivity contribution in [2.45, 2.75) is 0 Å². The summed E-state index contributed by atoms with van der Waals surface area (Å²) in [5.74, 6) is 0. The first-order chi connectivity index (χ1) is 3.00. The summed E-state index contributed by atoms with van der Waals surface area (Å²) in [6.07, 6.45) is 0. The zero-order chi connectivity index (χ0) is 4.24. The average molecular weight is 203 g/mol. The van der Waals surface area contributed by atoms with Crippen LogP contribution in [0.4, 0.5) is 0 Å². The van der Waals surface area contributed by atoms with Crippen molar-refractivity contribution < 1.29 is 0 Å². The molecule has 1 heteroatoms. The Balaban J connectivity index is 0.000000360. The predicted molar refractivity (Wildman–Crippen MR) is 36.4 cm³/mol. The Kier molecular flexibility index (Phi) is 4.23. The second kappa shape index (κ2) is 4.20. The van der Waals surface area contributed by atoms with Gasteiger partial charge in [-0.05, 0) is 0 Å². The summed E-state index contributed by atoms with van der Waals surface area (Å²) < 4.78 is 0. The SMILES string of the molecule is [SbH3].c1ccccc1. The van der Waals surface area contributed by atoms with Crippen LogP contribution in [-0.4, -0.2) is 24.4 Å². The van der Waals surface area contributed by atoms with Crippen molar-refractivity contribution in [3.63, 3.8) is 0 Å². The zero-order valence-electron chi connectivity index (χ0n) is 4.17. The van der Waals surface area contributed by atoms with Crippen LogP contribution in [0.2, 0.25) is 0 Å². The van der Waals surface area contributed by atoms with Gasteiger partial charge in [0.25, 0.3) is 0 Å². The van der Waals surface area contributed by atoms with Gasteiger partial charge in [0.15, 0.2) is 0 Å². The Morgan fingerprint density at radius 3 is 0.714 bits per heavy atom. The topological polar surface area (TPSA) is 0 Å². The molecule has 0 N–H and O–H groups in total. The van der Waals surface area contributed by atoms with Crippen molar-refractivity contribution in [1.82, 2.24) is 0 Å². The van der Waals surface area contributed by atoms with E-state index >= 15 is 0 Å². The van der Waals surface area contributed by atoms with Crippen molar-refractivity contribution in [2.75, 3.05) is 0 Å². The smallest absolute Gasteiger partial charge is 0.0623 e. The van der Waals surface area contributed by atoms with Crippen LogP contribution in [-0.2, 0) is 0 Å². The van der Waals surface area contributed by atoms with Gasteiger partial charge in [0.05, 0.1) is 0 Å². The van der Waals surface area contributed by atoms with Crippen LogP contribution in [0.25, 0.3) is 0 Å². The quantitative estimate of drug-likeness (QED) is 0.538. The molecule has 0 bridgehead atoms. The summed E-state index contributed by atoms with van der Waals surface area (Å²) in [7, 11) is 0. The van der Waals surface area contributed by atoms with Crippen LogP contribution >= 0.6 is 0 Å². The molecule has 0 aliphatic rings. The second-order valence-electron chi connectivity index (χ2n) is 1.15. The van der Waals surface area contributed by atoms with E-state index in [4.69, 9.17) is 0 Å². The summed E-state index contributed by atoms with van der Waals surface area (Å²) in [6, 6.07) is 12.0. The van der Waals surface area contributed by atoms with E-state index in [-0.39, 0.29) is 24.4 Å². The van der Waals surface area contributed by atoms with Crippen LogP contribution < -0.4 is 0 Å². The number of rotatable bonds is 0. The first-order valence-electron chi connectivity index (χ1n) is 2.00. The molecule has 1 rings (SSSR count). The van der Waals surface area contributed by atoms with E-state index in [1.807, 2.05) is 36.4 Å². The summed E-state index contributed by atoms with van der Waals surface area (Å²) in [6.45, 7) is 0. The molecule has 0 saturated carbocycles. The van der Waals surface area contributed by atoms with E-state index in [0.717, 1.165) is 0 Å². The minimum Gasteiger partial charge on any atom is -0.0623 e. The third kappa shape index (κ3) is 2.70. The number of hydrogen-bond donors (Lipinski definition) is 0. The maximum absolute atomic E-state index is 2.00. The van der Waals surface area contributed by atoms with Crippen LogP contribution in [0, 0.1) is 0 Å². The van der Waals surface area contributed by atoms with E-state index in [0.29, 0.717) is 0 Å². The Morgan fingerprint density at radius 1 is 0.429 bits per heavy atom. The summed E-state index contributed by atoms with van der Waals surface area (Å²) in [5.41, 5.74) is 0. The van der Waals surface area contributed by atoms with E-state index in [1.165, 1.54) is 0 Å². The van der Waals surface area contributed by atoms with E-state index in [9.17, 15) is 0 Å². The fraction of sp³-hybridized carbons (Fsp3) is 0. The first-order valence-corrected chi connectivity index (χ1v) is 2.00. The molecule has 0 aromatic heterocycles. The Hall–Kier alpha value is 0.0382. The maximum atomic E-state index is 2.00. The average Bonchev–Trinajstić information content (AvgIpc) is 1.72. The van der Waals surface area contributed by atoms with Crippen molar-refractivity contribution in [1.29, 1.82) is 0 Å². The summed E-state index contributed by atoms with van der Waals surface area (Å²) in [4.78, 5) is 0. The van der Waals surface area contributed by atoms with Gasteiger partial charge in [0.2, 0.25) is 0 Å². The fourth-order valence-corrected chi connectivity index (χ4v) is 0.385. The molecule has 0 aliphatic heterocycles. The number of benzene rings is 1. The molecule has 0 atom stereocenters. The van der Waals surface area contributed by atoms with Crippen molar-refractivity contribution in [3.8, 4) is 0 Å². The maximum Gasteiger partial charge on any atom is -0.0623 e. The van der Waals surface area contributed by atoms with Crippen LogP contribution in [0.5, 0.6) is 0 Å². The molecular formula is C6H9Sb.